The van der Waals surface area contributed by atoms with Gasteiger partial charge in [0.25, 0.3) is 0 Å². The molecule has 0 amide bonds. The molecule has 7 heteroatoms. The lowest BCUT2D eigenvalue weighted by Gasteiger charge is -2.15. The number of hydrogen-bond acceptors (Lipinski definition) is 5. The minimum Gasteiger partial charge on any atom is -0.490 e. The number of nitrogens with one attached hydrogen (secondary N) is 2. The average Bonchev–Trinajstić information content (AvgIpc) is 3.25. The molecule has 2 heterocycles. The Labute approximate surface area is 166 Å². The van der Waals surface area contributed by atoms with Crippen molar-refractivity contribution in [3.05, 3.63) is 48.2 Å². The molecule has 1 saturated heterocycles. The van der Waals surface area contributed by atoms with Crippen LogP contribution in [0.2, 0.25) is 0 Å². The zero-order chi connectivity index (χ0) is 19.6. The Kier molecular flexibility index (Phi) is 7.49. The Hall–Kier alpha value is -2.80. The fourth-order valence-corrected chi connectivity index (χ4v) is 2.92. The minimum atomic E-state index is 0.274. The summed E-state index contributed by atoms with van der Waals surface area (Å²) in [7, 11) is 1.76. The van der Waals surface area contributed by atoms with Gasteiger partial charge in [-0.15, -0.1) is 0 Å². The summed E-state index contributed by atoms with van der Waals surface area (Å²) in [4.78, 5) is 8.63. The van der Waals surface area contributed by atoms with Crippen molar-refractivity contribution in [1.29, 1.82) is 0 Å². The molecule has 1 aliphatic rings. The third kappa shape index (κ3) is 5.85. The van der Waals surface area contributed by atoms with Gasteiger partial charge in [-0.2, -0.15) is 0 Å². The van der Waals surface area contributed by atoms with Gasteiger partial charge in [-0.3, -0.25) is 4.99 Å². The highest BCUT2D eigenvalue weighted by Gasteiger charge is 2.15. The van der Waals surface area contributed by atoms with Crippen LogP contribution in [0.15, 0.2) is 47.6 Å². The Morgan fingerprint density at radius 1 is 1.21 bits per heavy atom. The molecule has 1 aromatic heterocycles. The molecule has 0 bridgehead atoms. The number of pyridine rings is 1. The van der Waals surface area contributed by atoms with Gasteiger partial charge < -0.3 is 24.8 Å². The van der Waals surface area contributed by atoms with Gasteiger partial charge in [0.2, 0.25) is 5.88 Å². The molecule has 3 rings (SSSR count). The van der Waals surface area contributed by atoms with Crippen LogP contribution in [0, 0.1) is 0 Å². The lowest BCUT2D eigenvalue weighted by Crippen LogP contribution is -2.40. The molecule has 1 unspecified atom stereocenters. The van der Waals surface area contributed by atoms with E-state index in [-0.39, 0.29) is 6.10 Å². The second-order valence-corrected chi connectivity index (χ2v) is 6.43. The van der Waals surface area contributed by atoms with Crippen LogP contribution in [0.25, 0.3) is 0 Å². The van der Waals surface area contributed by atoms with E-state index in [0.29, 0.717) is 30.5 Å². The maximum Gasteiger partial charge on any atom is 0.219 e. The van der Waals surface area contributed by atoms with E-state index in [1.807, 2.05) is 43.3 Å². The van der Waals surface area contributed by atoms with Crippen LogP contribution in [0.3, 0.4) is 0 Å². The number of aliphatic imine (C=N–C) groups is 1. The van der Waals surface area contributed by atoms with Crippen molar-refractivity contribution in [2.45, 2.75) is 32.4 Å². The summed E-state index contributed by atoms with van der Waals surface area (Å²) in [6.07, 6.45) is 4.30. The number of guanidine groups is 1. The fraction of sp³-hybridized carbons (Fsp3) is 0.429. The highest BCUT2D eigenvalue weighted by Crippen LogP contribution is 2.30. The number of para-hydroxylation sites is 2. The van der Waals surface area contributed by atoms with Gasteiger partial charge in [0.1, 0.15) is 0 Å². The second-order valence-electron chi connectivity index (χ2n) is 6.43. The number of hydrogen-bond donors (Lipinski definition) is 2. The summed E-state index contributed by atoms with van der Waals surface area (Å²) in [6.45, 7) is 4.77. The fourth-order valence-electron chi connectivity index (χ4n) is 2.92. The molecule has 28 heavy (non-hydrogen) atoms. The van der Waals surface area contributed by atoms with Crippen molar-refractivity contribution in [1.82, 2.24) is 15.6 Å². The van der Waals surface area contributed by atoms with E-state index in [9.17, 15) is 0 Å². The van der Waals surface area contributed by atoms with Crippen LogP contribution >= 0.6 is 0 Å². The van der Waals surface area contributed by atoms with Crippen LogP contribution in [0.4, 0.5) is 0 Å². The molecular formula is C21H28N4O3. The van der Waals surface area contributed by atoms with Crippen molar-refractivity contribution >= 4 is 5.96 Å². The van der Waals surface area contributed by atoms with Gasteiger partial charge in [-0.1, -0.05) is 18.2 Å². The van der Waals surface area contributed by atoms with E-state index in [2.05, 4.69) is 20.6 Å². The van der Waals surface area contributed by atoms with Gasteiger partial charge in [0.15, 0.2) is 17.5 Å². The Morgan fingerprint density at radius 2 is 2.07 bits per heavy atom. The number of rotatable bonds is 8. The Bertz CT molecular complexity index is 759. The number of benzene rings is 1. The maximum atomic E-state index is 5.85. The number of aromatic nitrogens is 1. The molecule has 2 aromatic rings. The third-order valence-corrected chi connectivity index (χ3v) is 4.37. The molecular weight excluding hydrogens is 356 g/mol. The molecule has 0 aliphatic carbocycles. The molecule has 150 valence electrons. The predicted molar refractivity (Wildman–Crippen MR) is 109 cm³/mol. The lowest BCUT2D eigenvalue weighted by molar-refractivity contribution is 0.114. The minimum absolute atomic E-state index is 0.274. The first-order valence-corrected chi connectivity index (χ1v) is 9.69. The van der Waals surface area contributed by atoms with E-state index in [1.54, 1.807) is 13.2 Å². The standard InChI is InChI=1S/C21H28N4O3/c1-3-26-18-8-4-5-9-19(18)28-20-11-10-16(13-23-20)14-24-21(22-2)25-15-17-7-6-12-27-17/h4-5,8-11,13,17H,3,6-7,12,14-15H2,1-2H3,(H2,22,24,25). The first-order chi connectivity index (χ1) is 13.8. The molecule has 0 saturated carbocycles. The molecule has 1 fully saturated rings. The van der Waals surface area contributed by atoms with E-state index in [1.165, 1.54) is 0 Å². The quantitative estimate of drug-likeness (QED) is 0.538. The zero-order valence-corrected chi connectivity index (χ0v) is 16.5. The summed E-state index contributed by atoms with van der Waals surface area (Å²) in [5, 5.41) is 6.59. The lowest BCUT2D eigenvalue weighted by atomic mass is 10.2. The van der Waals surface area contributed by atoms with Crippen molar-refractivity contribution in [2.75, 3.05) is 26.8 Å². The molecule has 0 spiro atoms. The summed E-state index contributed by atoms with van der Waals surface area (Å²) < 4.78 is 17.0. The van der Waals surface area contributed by atoms with E-state index in [0.717, 1.165) is 37.5 Å². The molecule has 0 radical (unpaired) electrons. The summed E-state index contributed by atoms with van der Waals surface area (Å²) in [5.41, 5.74) is 1.03. The summed E-state index contributed by atoms with van der Waals surface area (Å²) >= 11 is 0. The van der Waals surface area contributed by atoms with Crippen LogP contribution in [0.1, 0.15) is 25.3 Å². The number of nitrogens with zero attached hydrogens (tertiary/aromatic N) is 2. The highest BCUT2D eigenvalue weighted by molar-refractivity contribution is 5.79. The first-order valence-electron chi connectivity index (χ1n) is 9.69. The van der Waals surface area contributed by atoms with Crippen LogP contribution in [0.5, 0.6) is 17.4 Å². The van der Waals surface area contributed by atoms with Crippen molar-refractivity contribution in [2.24, 2.45) is 4.99 Å². The monoisotopic (exact) mass is 384 g/mol. The van der Waals surface area contributed by atoms with Crippen molar-refractivity contribution in [3.8, 4) is 17.4 Å². The predicted octanol–water partition coefficient (Wildman–Crippen LogP) is 3.12. The van der Waals surface area contributed by atoms with Gasteiger partial charge >= 0.3 is 0 Å². The largest absolute Gasteiger partial charge is 0.490 e. The smallest absolute Gasteiger partial charge is 0.219 e. The SMILES string of the molecule is CCOc1ccccc1Oc1ccc(CNC(=NC)NCC2CCCO2)cn1. The van der Waals surface area contributed by atoms with E-state index >= 15 is 0 Å². The Morgan fingerprint density at radius 3 is 2.75 bits per heavy atom. The van der Waals surface area contributed by atoms with Gasteiger partial charge in [0.05, 0.1) is 12.7 Å². The topological polar surface area (TPSA) is 77.0 Å². The van der Waals surface area contributed by atoms with Gasteiger partial charge in [-0.25, -0.2) is 4.98 Å². The second kappa shape index (κ2) is 10.5. The van der Waals surface area contributed by atoms with E-state index < -0.39 is 0 Å². The molecule has 1 aliphatic heterocycles. The van der Waals surface area contributed by atoms with E-state index in [4.69, 9.17) is 14.2 Å². The van der Waals surface area contributed by atoms with Crippen LogP contribution < -0.4 is 20.1 Å². The Balaban J connectivity index is 1.50. The summed E-state index contributed by atoms with van der Waals surface area (Å²) in [6, 6.07) is 11.4. The summed E-state index contributed by atoms with van der Waals surface area (Å²) in [5.74, 6) is 2.64. The molecule has 7 nitrogen and oxygen atoms in total. The molecule has 1 atom stereocenters. The normalized spacial score (nSPS) is 16.6. The molecule has 2 N–H and O–H groups in total. The zero-order valence-electron chi connectivity index (χ0n) is 16.5. The van der Waals surface area contributed by atoms with Crippen molar-refractivity contribution < 1.29 is 14.2 Å². The average molecular weight is 384 g/mol. The maximum absolute atomic E-state index is 5.85. The van der Waals surface area contributed by atoms with Crippen LogP contribution in [-0.4, -0.2) is 43.9 Å². The third-order valence-electron chi connectivity index (χ3n) is 4.37. The van der Waals surface area contributed by atoms with Gasteiger partial charge in [0, 0.05) is 39.0 Å². The highest BCUT2D eigenvalue weighted by atomic mass is 16.5. The van der Waals surface area contributed by atoms with Gasteiger partial charge in [-0.05, 0) is 37.5 Å². The first kappa shape index (κ1) is 19.9. The van der Waals surface area contributed by atoms with Crippen molar-refractivity contribution in [3.63, 3.8) is 0 Å². The molecule has 1 aromatic carbocycles. The van der Waals surface area contributed by atoms with Crippen LogP contribution in [-0.2, 0) is 11.3 Å². The number of ether oxygens (including phenoxy) is 3.